The van der Waals surface area contributed by atoms with Crippen molar-refractivity contribution in [3.05, 3.63) is 60.2 Å². The standard InChI is InChI=1S/C16H11O/c17-9-8-12-6-3-7-15-10-13-4-1-2-5-14(13)11-16(12)15/h1-7,10-11H,8H2. The lowest BCUT2D eigenvalue weighted by molar-refractivity contribution is 0.555. The minimum Gasteiger partial charge on any atom is -0.291 e. The summed E-state index contributed by atoms with van der Waals surface area (Å²) in [5.41, 5.74) is 1.04. The highest BCUT2D eigenvalue weighted by Crippen LogP contribution is 2.25. The number of benzene rings is 3. The van der Waals surface area contributed by atoms with Crippen molar-refractivity contribution in [2.75, 3.05) is 0 Å². The van der Waals surface area contributed by atoms with Gasteiger partial charge in [0.15, 0.2) is 0 Å². The van der Waals surface area contributed by atoms with Crippen LogP contribution in [0, 0.1) is 0 Å². The zero-order valence-electron chi connectivity index (χ0n) is 9.31. The van der Waals surface area contributed by atoms with Gasteiger partial charge in [-0.25, -0.2) is 0 Å². The van der Waals surface area contributed by atoms with Crippen molar-refractivity contribution in [3.63, 3.8) is 0 Å². The van der Waals surface area contributed by atoms with Gasteiger partial charge in [0.05, 0.1) is 0 Å². The molecule has 81 valence electrons. The van der Waals surface area contributed by atoms with E-state index in [1.165, 1.54) is 16.2 Å². The summed E-state index contributed by atoms with van der Waals surface area (Å²) < 4.78 is 0. The largest absolute Gasteiger partial charge is 0.291 e. The van der Waals surface area contributed by atoms with E-state index in [0.29, 0.717) is 6.42 Å². The van der Waals surface area contributed by atoms with Crippen molar-refractivity contribution in [2.45, 2.75) is 6.42 Å². The van der Waals surface area contributed by atoms with Gasteiger partial charge in [0, 0.05) is 6.42 Å². The third-order valence-corrected chi connectivity index (χ3v) is 3.10. The van der Waals surface area contributed by atoms with E-state index in [1.54, 1.807) is 0 Å². The van der Waals surface area contributed by atoms with E-state index in [9.17, 15) is 4.79 Å². The third-order valence-electron chi connectivity index (χ3n) is 3.10. The first-order valence-electron chi connectivity index (χ1n) is 5.64. The SMILES string of the molecule is O=[C]Cc1cccc2cc3ccccc3cc12. The fraction of sp³-hybridized carbons (Fsp3) is 0.0625. The first kappa shape index (κ1) is 10.0. The Balaban J connectivity index is 2.39. The Labute approximate surface area is 99.7 Å². The van der Waals surface area contributed by atoms with Crippen LogP contribution in [0.5, 0.6) is 0 Å². The van der Waals surface area contributed by atoms with Crippen LogP contribution in [0.3, 0.4) is 0 Å². The summed E-state index contributed by atoms with van der Waals surface area (Å²) in [6.45, 7) is 0. The minimum atomic E-state index is 0.357. The van der Waals surface area contributed by atoms with Crippen LogP contribution in [-0.4, -0.2) is 6.29 Å². The first-order valence-corrected chi connectivity index (χ1v) is 5.64. The van der Waals surface area contributed by atoms with Gasteiger partial charge in [-0.1, -0.05) is 42.5 Å². The van der Waals surface area contributed by atoms with Crippen molar-refractivity contribution in [1.29, 1.82) is 0 Å². The smallest absolute Gasteiger partial charge is 0.203 e. The predicted octanol–water partition coefficient (Wildman–Crippen LogP) is 3.65. The van der Waals surface area contributed by atoms with E-state index in [0.717, 1.165) is 10.9 Å². The Morgan fingerprint density at radius 1 is 0.824 bits per heavy atom. The summed E-state index contributed by atoms with van der Waals surface area (Å²) >= 11 is 0. The highest BCUT2D eigenvalue weighted by Gasteiger charge is 2.02. The van der Waals surface area contributed by atoms with Gasteiger partial charge < -0.3 is 0 Å². The highest BCUT2D eigenvalue weighted by molar-refractivity contribution is 6.00. The van der Waals surface area contributed by atoms with E-state index >= 15 is 0 Å². The molecule has 0 aliphatic rings. The maximum absolute atomic E-state index is 10.6. The molecule has 0 bridgehead atoms. The lowest BCUT2D eigenvalue weighted by atomic mass is 9.98. The molecule has 17 heavy (non-hydrogen) atoms. The summed E-state index contributed by atoms with van der Waals surface area (Å²) in [5.74, 6) is 0. The fourth-order valence-electron chi connectivity index (χ4n) is 2.26. The summed E-state index contributed by atoms with van der Waals surface area (Å²) in [6, 6.07) is 18.6. The van der Waals surface area contributed by atoms with Crippen molar-refractivity contribution >= 4 is 27.8 Å². The van der Waals surface area contributed by atoms with Gasteiger partial charge in [-0.15, -0.1) is 0 Å². The van der Waals surface area contributed by atoms with Crippen molar-refractivity contribution in [2.24, 2.45) is 0 Å². The number of hydrogen-bond acceptors (Lipinski definition) is 1. The van der Waals surface area contributed by atoms with E-state index in [1.807, 2.05) is 30.6 Å². The van der Waals surface area contributed by atoms with E-state index < -0.39 is 0 Å². The van der Waals surface area contributed by atoms with Gasteiger partial charge >= 0.3 is 0 Å². The molecule has 0 heterocycles. The molecule has 0 saturated heterocycles. The Morgan fingerprint density at radius 3 is 2.29 bits per heavy atom. The molecule has 3 aromatic rings. The van der Waals surface area contributed by atoms with Crippen LogP contribution in [0.15, 0.2) is 54.6 Å². The molecule has 0 aliphatic carbocycles. The third kappa shape index (κ3) is 1.70. The average molecular weight is 219 g/mol. The van der Waals surface area contributed by atoms with Gasteiger partial charge in [0.1, 0.15) is 0 Å². The Hall–Kier alpha value is -2.15. The zero-order valence-corrected chi connectivity index (χ0v) is 9.31. The monoisotopic (exact) mass is 219 g/mol. The van der Waals surface area contributed by atoms with Crippen LogP contribution < -0.4 is 0 Å². The summed E-state index contributed by atoms with van der Waals surface area (Å²) in [6.07, 6.45) is 2.33. The zero-order chi connectivity index (χ0) is 11.7. The topological polar surface area (TPSA) is 17.1 Å². The molecular formula is C16H11O. The molecule has 0 atom stereocenters. The molecule has 0 amide bonds. The molecule has 0 aromatic heterocycles. The second-order valence-corrected chi connectivity index (χ2v) is 4.16. The molecule has 0 fully saturated rings. The Morgan fingerprint density at radius 2 is 1.53 bits per heavy atom. The highest BCUT2D eigenvalue weighted by atomic mass is 16.1. The maximum Gasteiger partial charge on any atom is 0.203 e. The lowest BCUT2D eigenvalue weighted by Crippen LogP contribution is -1.88. The second-order valence-electron chi connectivity index (χ2n) is 4.16. The van der Waals surface area contributed by atoms with Gasteiger partial charge in [-0.05, 0) is 39.2 Å². The van der Waals surface area contributed by atoms with Crippen LogP contribution in [0.2, 0.25) is 0 Å². The summed E-state index contributed by atoms with van der Waals surface area (Å²) in [4.78, 5) is 10.6. The van der Waals surface area contributed by atoms with Crippen molar-refractivity contribution in [3.8, 4) is 0 Å². The van der Waals surface area contributed by atoms with Crippen LogP contribution >= 0.6 is 0 Å². The molecule has 0 N–H and O–H groups in total. The normalized spacial score (nSPS) is 10.8. The summed E-state index contributed by atoms with van der Waals surface area (Å²) in [7, 11) is 0. The number of fused-ring (bicyclic) bond motifs is 2. The van der Waals surface area contributed by atoms with Crippen molar-refractivity contribution in [1.82, 2.24) is 0 Å². The molecule has 3 rings (SSSR count). The molecule has 0 saturated carbocycles. The van der Waals surface area contributed by atoms with Gasteiger partial charge in [0.25, 0.3) is 0 Å². The Kier molecular flexibility index (Phi) is 2.37. The Bertz CT molecular complexity index is 698. The number of hydrogen-bond donors (Lipinski definition) is 0. The molecule has 1 heteroatoms. The van der Waals surface area contributed by atoms with Gasteiger partial charge in [0.2, 0.25) is 6.29 Å². The van der Waals surface area contributed by atoms with Crippen LogP contribution in [0.25, 0.3) is 21.5 Å². The van der Waals surface area contributed by atoms with Crippen LogP contribution in [-0.2, 0) is 11.2 Å². The average Bonchev–Trinajstić information content (AvgIpc) is 2.37. The molecule has 0 aliphatic heterocycles. The summed E-state index contributed by atoms with van der Waals surface area (Å²) in [5, 5.41) is 4.76. The molecule has 3 aromatic carbocycles. The number of rotatable bonds is 2. The second kappa shape index (κ2) is 4.02. The van der Waals surface area contributed by atoms with Gasteiger partial charge in [-0.3, -0.25) is 4.79 Å². The lowest BCUT2D eigenvalue weighted by Gasteiger charge is -2.05. The molecule has 1 nitrogen and oxygen atoms in total. The van der Waals surface area contributed by atoms with Crippen LogP contribution in [0.1, 0.15) is 5.56 Å². The fourth-order valence-corrected chi connectivity index (χ4v) is 2.26. The van der Waals surface area contributed by atoms with Crippen LogP contribution in [0.4, 0.5) is 0 Å². The minimum absolute atomic E-state index is 0.357. The maximum atomic E-state index is 10.6. The van der Waals surface area contributed by atoms with Crippen molar-refractivity contribution < 1.29 is 4.79 Å². The molecule has 1 radical (unpaired) electrons. The molecule has 0 spiro atoms. The molecular weight excluding hydrogens is 208 g/mol. The molecule has 0 unspecified atom stereocenters. The van der Waals surface area contributed by atoms with E-state index in [-0.39, 0.29) is 0 Å². The van der Waals surface area contributed by atoms with Gasteiger partial charge in [-0.2, -0.15) is 0 Å². The number of carbonyl (C=O) groups excluding carboxylic acids is 1. The predicted molar refractivity (Wildman–Crippen MR) is 70.9 cm³/mol. The quantitative estimate of drug-likeness (QED) is 0.601. The van der Waals surface area contributed by atoms with E-state index in [4.69, 9.17) is 0 Å². The van der Waals surface area contributed by atoms with E-state index in [2.05, 4.69) is 30.3 Å². The first-order chi connectivity index (χ1) is 8.38.